The van der Waals surface area contributed by atoms with Crippen molar-refractivity contribution in [3.05, 3.63) is 23.9 Å². The molecular weight excluding hydrogens is 268 g/mol. The van der Waals surface area contributed by atoms with E-state index in [4.69, 9.17) is 5.73 Å². The lowest BCUT2D eigenvalue weighted by atomic mass is 9.85. The number of aromatic nitrogens is 1. The Balaban J connectivity index is 1.90. The molecule has 0 spiro atoms. The standard InChI is InChI=1S/C15H22N4O2/c1-19(2)15(21)11-5-8-13(17-9-11)18-12-6-3-10(4-7-12)14(16)20/h5,8-10,12H,3-4,6-7H2,1-2H3,(H2,16,20)(H,17,18). The maximum Gasteiger partial charge on any atom is 0.254 e. The smallest absolute Gasteiger partial charge is 0.254 e. The quantitative estimate of drug-likeness (QED) is 0.873. The number of hydrogen-bond donors (Lipinski definition) is 2. The normalized spacial score (nSPS) is 21.6. The number of amides is 2. The van der Waals surface area contributed by atoms with Crippen molar-refractivity contribution in [3.8, 4) is 0 Å². The fourth-order valence-corrected chi connectivity index (χ4v) is 2.60. The lowest BCUT2D eigenvalue weighted by Crippen LogP contribution is -2.32. The summed E-state index contributed by atoms with van der Waals surface area (Å²) in [6.45, 7) is 0. The van der Waals surface area contributed by atoms with Crippen LogP contribution in [-0.4, -0.2) is 41.8 Å². The van der Waals surface area contributed by atoms with Crippen molar-refractivity contribution in [2.24, 2.45) is 11.7 Å². The molecule has 1 aliphatic rings. The Kier molecular flexibility index (Phi) is 4.77. The average Bonchev–Trinajstić information content (AvgIpc) is 2.47. The minimum atomic E-state index is -0.196. The van der Waals surface area contributed by atoms with E-state index in [0.717, 1.165) is 31.5 Å². The van der Waals surface area contributed by atoms with Gasteiger partial charge in [0, 0.05) is 32.3 Å². The van der Waals surface area contributed by atoms with Crippen LogP contribution in [0.5, 0.6) is 0 Å². The molecule has 0 radical (unpaired) electrons. The predicted molar refractivity (Wildman–Crippen MR) is 80.8 cm³/mol. The first-order valence-corrected chi connectivity index (χ1v) is 7.21. The number of carbonyl (C=O) groups is 2. The molecule has 3 N–H and O–H groups in total. The zero-order valence-electron chi connectivity index (χ0n) is 12.5. The topological polar surface area (TPSA) is 88.3 Å². The van der Waals surface area contributed by atoms with Crippen LogP contribution in [0.15, 0.2) is 18.3 Å². The van der Waals surface area contributed by atoms with Crippen molar-refractivity contribution in [3.63, 3.8) is 0 Å². The Morgan fingerprint density at radius 3 is 2.38 bits per heavy atom. The highest BCUT2D eigenvalue weighted by Crippen LogP contribution is 2.25. The Labute approximate surface area is 124 Å². The van der Waals surface area contributed by atoms with Crippen LogP contribution in [0, 0.1) is 5.92 Å². The molecule has 0 atom stereocenters. The van der Waals surface area contributed by atoms with Crippen LogP contribution in [-0.2, 0) is 4.79 Å². The molecular formula is C15H22N4O2. The number of carbonyl (C=O) groups excluding carboxylic acids is 2. The number of anilines is 1. The Morgan fingerprint density at radius 1 is 1.24 bits per heavy atom. The summed E-state index contributed by atoms with van der Waals surface area (Å²) >= 11 is 0. The molecule has 0 bridgehead atoms. The highest BCUT2D eigenvalue weighted by atomic mass is 16.2. The Morgan fingerprint density at radius 2 is 1.90 bits per heavy atom. The van der Waals surface area contributed by atoms with Crippen LogP contribution in [0.2, 0.25) is 0 Å². The summed E-state index contributed by atoms with van der Waals surface area (Å²) in [4.78, 5) is 28.7. The van der Waals surface area contributed by atoms with Gasteiger partial charge in [-0.1, -0.05) is 0 Å². The van der Waals surface area contributed by atoms with Crippen LogP contribution >= 0.6 is 0 Å². The van der Waals surface area contributed by atoms with Gasteiger partial charge in [0.1, 0.15) is 5.82 Å². The monoisotopic (exact) mass is 290 g/mol. The molecule has 1 saturated carbocycles. The van der Waals surface area contributed by atoms with Crippen LogP contribution in [0.25, 0.3) is 0 Å². The van der Waals surface area contributed by atoms with Gasteiger partial charge in [0.15, 0.2) is 0 Å². The van der Waals surface area contributed by atoms with E-state index < -0.39 is 0 Å². The van der Waals surface area contributed by atoms with E-state index in [9.17, 15) is 9.59 Å². The van der Waals surface area contributed by atoms with Crippen LogP contribution in [0.3, 0.4) is 0 Å². The second kappa shape index (κ2) is 6.56. The maximum atomic E-state index is 11.8. The number of pyridine rings is 1. The zero-order valence-corrected chi connectivity index (χ0v) is 12.5. The zero-order chi connectivity index (χ0) is 15.4. The van der Waals surface area contributed by atoms with Gasteiger partial charge < -0.3 is 16.0 Å². The van der Waals surface area contributed by atoms with Crippen molar-refractivity contribution in [1.29, 1.82) is 0 Å². The molecule has 1 aromatic rings. The van der Waals surface area contributed by atoms with Crippen molar-refractivity contribution in [2.45, 2.75) is 31.7 Å². The molecule has 0 aromatic carbocycles. The first-order valence-electron chi connectivity index (χ1n) is 7.21. The molecule has 0 aliphatic heterocycles. The molecule has 0 saturated heterocycles. The van der Waals surface area contributed by atoms with Gasteiger partial charge in [-0.05, 0) is 37.8 Å². The first-order chi connectivity index (χ1) is 9.97. The van der Waals surface area contributed by atoms with E-state index in [-0.39, 0.29) is 17.7 Å². The largest absolute Gasteiger partial charge is 0.369 e. The van der Waals surface area contributed by atoms with E-state index in [1.807, 2.05) is 6.07 Å². The summed E-state index contributed by atoms with van der Waals surface area (Å²) < 4.78 is 0. The molecule has 1 aliphatic carbocycles. The van der Waals surface area contributed by atoms with Gasteiger partial charge in [0.05, 0.1) is 5.56 Å². The minimum Gasteiger partial charge on any atom is -0.369 e. The van der Waals surface area contributed by atoms with Crippen molar-refractivity contribution < 1.29 is 9.59 Å². The lowest BCUT2D eigenvalue weighted by Gasteiger charge is -2.27. The SMILES string of the molecule is CN(C)C(=O)c1ccc(NC2CCC(C(N)=O)CC2)nc1. The van der Waals surface area contributed by atoms with Crippen LogP contribution in [0.1, 0.15) is 36.0 Å². The maximum absolute atomic E-state index is 11.8. The molecule has 6 heteroatoms. The number of hydrogen-bond acceptors (Lipinski definition) is 4. The van der Waals surface area contributed by atoms with E-state index >= 15 is 0 Å². The fourth-order valence-electron chi connectivity index (χ4n) is 2.60. The van der Waals surface area contributed by atoms with Crippen molar-refractivity contribution >= 4 is 17.6 Å². The minimum absolute atomic E-state index is 0.0103. The Bertz CT molecular complexity index is 505. The molecule has 0 unspecified atom stereocenters. The summed E-state index contributed by atoms with van der Waals surface area (Å²) in [5, 5.41) is 3.35. The molecule has 21 heavy (non-hydrogen) atoms. The second-order valence-corrected chi connectivity index (χ2v) is 5.73. The summed E-state index contributed by atoms with van der Waals surface area (Å²) in [5.74, 6) is 0.512. The number of nitrogens with one attached hydrogen (secondary N) is 1. The van der Waals surface area contributed by atoms with Gasteiger partial charge in [-0.2, -0.15) is 0 Å². The van der Waals surface area contributed by atoms with Crippen molar-refractivity contribution in [2.75, 3.05) is 19.4 Å². The second-order valence-electron chi connectivity index (χ2n) is 5.73. The molecule has 2 amide bonds. The number of primary amides is 1. The van der Waals surface area contributed by atoms with Gasteiger partial charge in [0.25, 0.3) is 5.91 Å². The van der Waals surface area contributed by atoms with E-state index in [0.29, 0.717) is 11.6 Å². The number of rotatable bonds is 4. The molecule has 1 aromatic heterocycles. The third-order valence-electron chi connectivity index (χ3n) is 3.90. The van der Waals surface area contributed by atoms with E-state index in [1.54, 1.807) is 26.4 Å². The number of nitrogens with two attached hydrogens (primary N) is 1. The highest BCUT2D eigenvalue weighted by Gasteiger charge is 2.24. The van der Waals surface area contributed by atoms with Gasteiger partial charge in [-0.3, -0.25) is 9.59 Å². The van der Waals surface area contributed by atoms with Crippen LogP contribution < -0.4 is 11.1 Å². The van der Waals surface area contributed by atoms with Gasteiger partial charge in [-0.15, -0.1) is 0 Å². The summed E-state index contributed by atoms with van der Waals surface area (Å²) in [5.41, 5.74) is 5.90. The van der Waals surface area contributed by atoms with Gasteiger partial charge in [0.2, 0.25) is 5.91 Å². The summed E-state index contributed by atoms with van der Waals surface area (Å²) in [7, 11) is 3.43. The van der Waals surface area contributed by atoms with E-state index in [1.165, 1.54) is 4.90 Å². The molecule has 1 heterocycles. The molecule has 6 nitrogen and oxygen atoms in total. The van der Waals surface area contributed by atoms with Gasteiger partial charge >= 0.3 is 0 Å². The molecule has 1 fully saturated rings. The highest BCUT2D eigenvalue weighted by molar-refractivity contribution is 5.93. The molecule has 114 valence electrons. The first kappa shape index (κ1) is 15.3. The summed E-state index contributed by atoms with van der Waals surface area (Å²) in [6.07, 6.45) is 5.05. The van der Waals surface area contributed by atoms with E-state index in [2.05, 4.69) is 10.3 Å². The number of nitrogens with zero attached hydrogens (tertiary/aromatic N) is 2. The third kappa shape index (κ3) is 3.93. The van der Waals surface area contributed by atoms with Gasteiger partial charge in [-0.25, -0.2) is 4.98 Å². The average molecular weight is 290 g/mol. The molecule has 2 rings (SSSR count). The fraction of sp³-hybridized carbons (Fsp3) is 0.533. The van der Waals surface area contributed by atoms with Crippen molar-refractivity contribution in [1.82, 2.24) is 9.88 Å². The van der Waals surface area contributed by atoms with Crippen LogP contribution in [0.4, 0.5) is 5.82 Å². The third-order valence-corrected chi connectivity index (χ3v) is 3.90. The summed E-state index contributed by atoms with van der Waals surface area (Å²) in [6, 6.07) is 3.90. The predicted octanol–water partition coefficient (Wildman–Crippen LogP) is 1.24. The lowest BCUT2D eigenvalue weighted by molar-refractivity contribution is -0.122. The Hall–Kier alpha value is -2.11.